The largest absolute Gasteiger partial charge is 0.396 e. The van der Waals surface area contributed by atoms with E-state index in [1.165, 1.54) is 11.8 Å². The molecule has 0 aliphatic heterocycles. The zero-order chi connectivity index (χ0) is 15.0. The van der Waals surface area contributed by atoms with Gasteiger partial charge in [-0.3, -0.25) is 4.79 Å². The zero-order valence-electron chi connectivity index (χ0n) is 12.0. The number of amides is 1. The molecule has 0 fully saturated rings. The van der Waals surface area contributed by atoms with Crippen molar-refractivity contribution in [3.8, 4) is 0 Å². The molecule has 0 saturated carbocycles. The smallest absolute Gasteiger partial charge is 0.230 e. The maximum absolute atomic E-state index is 11.8. The van der Waals surface area contributed by atoms with Gasteiger partial charge in [0.2, 0.25) is 5.91 Å². The third-order valence-electron chi connectivity index (χ3n) is 2.96. The number of carbonyl (C=O) groups is 1. The summed E-state index contributed by atoms with van der Waals surface area (Å²) in [5.74, 6) is 0.479. The average Bonchev–Trinajstić information content (AvgIpc) is 2.42. The van der Waals surface area contributed by atoms with E-state index in [9.17, 15) is 4.79 Å². The van der Waals surface area contributed by atoms with E-state index < -0.39 is 0 Å². The van der Waals surface area contributed by atoms with E-state index in [0.29, 0.717) is 12.3 Å². The highest BCUT2D eigenvalue weighted by Crippen LogP contribution is 2.22. The van der Waals surface area contributed by atoms with Crippen LogP contribution in [0.15, 0.2) is 33.6 Å². The normalized spacial score (nSPS) is 11.4. The first-order chi connectivity index (χ1) is 9.43. The number of hydrogen-bond acceptors (Lipinski definition) is 3. The number of benzene rings is 1. The summed E-state index contributed by atoms with van der Waals surface area (Å²) in [6, 6.07) is 7.93. The molecule has 0 aliphatic carbocycles. The van der Waals surface area contributed by atoms with Crippen LogP contribution in [0.2, 0.25) is 0 Å². The van der Waals surface area contributed by atoms with Crippen LogP contribution in [0.3, 0.4) is 0 Å². The van der Waals surface area contributed by atoms with Crippen LogP contribution in [0.5, 0.6) is 0 Å². The third-order valence-corrected chi connectivity index (χ3v) is 4.50. The van der Waals surface area contributed by atoms with Crippen LogP contribution in [0.1, 0.15) is 26.7 Å². The van der Waals surface area contributed by atoms with Crippen LogP contribution in [-0.4, -0.2) is 29.9 Å². The second-order valence-electron chi connectivity index (χ2n) is 5.51. The molecular weight excluding hydrogens is 338 g/mol. The molecule has 3 nitrogen and oxygen atoms in total. The Bertz CT molecular complexity index is 420. The summed E-state index contributed by atoms with van der Waals surface area (Å²) >= 11 is 4.92. The Morgan fingerprint density at radius 2 is 2.00 bits per heavy atom. The quantitative estimate of drug-likeness (QED) is 0.698. The van der Waals surface area contributed by atoms with E-state index in [1.54, 1.807) is 0 Å². The Balaban J connectivity index is 2.28. The van der Waals surface area contributed by atoms with E-state index >= 15 is 0 Å². The highest BCUT2D eigenvalue weighted by molar-refractivity contribution is 9.10. The van der Waals surface area contributed by atoms with E-state index in [1.807, 2.05) is 24.3 Å². The lowest BCUT2D eigenvalue weighted by molar-refractivity contribution is -0.119. The number of nitrogens with one attached hydrogen (secondary N) is 1. The van der Waals surface area contributed by atoms with Crippen molar-refractivity contribution in [1.29, 1.82) is 0 Å². The molecular formula is C15H22BrNO2S. The summed E-state index contributed by atoms with van der Waals surface area (Å²) in [7, 11) is 0. The van der Waals surface area contributed by atoms with E-state index in [4.69, 9.17) is 5.11 Å². The summed E-state index contributed by atoms with van der Waals surface area (Å²) < 4.78 is 1.04. The first-order valence-corrected chi connectivity index (χ1v) is 8.47. The molecule has 0 unspecified atom stereocenters. The average molecular weight is 360 g/mol. The fourth-order valence-corrected chi connectivity index (χ4v) is 2.71. The van der Waals surface area contributed by atoms with Crippen molar-refractivity contribution >= 4 is 33.6 Å². The Labute approximate surface area is 133 Å². The van der Waals surface area contributed by atoms with Crippen molar-refractivity contribution < 1.29 is 9.90 Å². The highest BCUT2D eigenvalue weighted by atomic mass is 79.9. The van der Waals surface area contributed by atoms with Crippen LogP contribution in [0, 0.1) is 5.41 Å². The second kappa shape index (κ2) is 8.70. The molecule has 0 saturated heterocycles. The summed E-state index contributed by atoms with van der Waals surface area (Å²) in [5.41, 5.74) is 0.0284. The molecule has 20 heavy (non-hydrogen) atoms. The predicted molar refractivity (Wildman–Crippen MR) is 88.0 cm³/mol. The molecule has 1 amide bonds. The lowest BCUT2D eigenvalue weighted by Crippen LogP contribution is -2.35. The minimum Gasteiger partial charge on any atom is -0.396 e. The molecule has 0 aliphatic rings. The van der Waals surface area contributed by atoms with Gasteiger partial charge in [-0.15, -0.1) is 11.8 Å². The maximum atomic E-state index is 11.8. The third kappa shape index (κ3) is 7.31. The standard InChI is InChI=1S/C15H22BrNO2S/c1-15(2,8-3-9-18)11-17-14(19)10-20-13-6-4-12(16)5-7-13/h4-7,18H,3,8-11H2,1-2H3,(H,17,19). The van der Waals surface area contributed by atoms with Gasteiger partial charge in [0, 0.05) is 22.5 Å². The predicted octanol–water partition coefficient (Wildman–Crippen LogP) is 3.46. The molecule has 0 heterocycles. The minimum absolute atomic E-state index is 0.0284. The van der Waals surface area contributed by atoms with E-state index in [-0.39, 0.29) is 17.9 Å². The molecule has 0 aromatic heterocycles. The number of halogens is 1. The van der Waals surface area contributed by atoms with Crippen molar-refractivity contribution in [3.63, 3.8) is 0 Å². The topological polar surface area (TPSA) is 49.3 Å². The van der Waals surface area contributed by atoms with Crippen molar-refractivity contribution in [2.24, 2.45) is 5.41 Å². The Hall–Kier alpha value is -0.520. The van der Waals surface area contributed by atoms with Gasteiger partial charge in [-0.1, -0.05) is 29.8 Å². The van der Waals surface area contributed by atoms with Gasteiger partial charge in [-0.05, 0) is 42.5 Å². The van der Waals surface area contributed by atoms with E-state index in [0.717, 1.165) is 22.2 Å². The fourth-order valence-electron chi connectivity index (χ4n) is 1.71. The molecule has 2 N–H and O–H groups in total. The number of aliphatic hydroxyl groups excluding tert-OH is 1. The molecule has 0 spiro atoms. The summed E-state index contributed by atoms with van der Waals surface area (Å²) in [6.45, 7) is 5.05. The van der Waals surface area contributed by atoms with Gasteiger partial charge in [-0.25, -0.2) is 0 Å². The Morgan fingerprint density at radius 3 is 2.60 bits per heavy atom. The number of hydrogen-bond donors (Lipinski definition) is 2. The number of aliphatic hydroxyl groups is 1. The molecule has 1 aromatic carbocycles. The fraction of sp³-hybridized carbons (Fsp3) is 0.533. The maximum Gasteiger partial charge on any atom is 0.230 e. The first kappa shape index (κ1) is 17.5. The lowest BCUT2D eigenvalue weighted by atomic mass is 9.88. The van der Waals surface area contributed by atoms with Gasteiger partial charge in [0.1, 0.15) is 0 Å². The second-order valence-corrected chi connectivity index (χ2v) is 7.48. The highest BCUT2D eigenvalue weighted by Gasteiger charge is 2.18. The monoisotopic (exact) mass is 359 g/mol. The molecule has 1 aromatic rings. The molecule has 0 atom stereocenters. The van der Waals surface area contributed by atoms with Crippen molar-refractivity contribution in [2.75, 3.05) is 18.9 Å². The molecule has 1 rings (SSSR count). The van der Waals surface area contributed by atoms with Crippen LogP contribution in [0.4, 0.5) is 0 Å². The van der Waals surface area contributed by atoms with Crippen LogP contribution < -0.4 is 5.32 Å². The Kier molecular flexibility index (Phi) is 7.62. The van der Waals surface area contributed by atoms with Crippen molar-refractivity contribution in [2.45, 2.75) is 31.6 Å². The van der Waals surface area contributed by atoms with Gasteiger partial charge < -0.3 is 10.4 Å². The van der Waals surface area contributed by atoms with Crippen molar-refractivity contribution in [3.05, 3.63) is 28.7 Å². The van der Waals surface area contributed by atoms with Gasteiger partial charge in [0.25, 0.3) is 0 Å². The van der Waals surface area contributed by atoms with Gasteiger partial charge in [0.15, 0.2) is 0 Å². The van der Waals surface area contributed by atoms with E-state index in [2.05, 4.69) is 35.1 Å². The van der Waals surface area contributed by atoms with Crippen molar-refractivity contribution in [1.82, 2.24) is 5.32 Å². The number of rotatable bonds is 8. The Morgan fingerprint density at radius 1 is 1.35 bits per heavy atom. The molecule has 0 bridgehead atoms. The summed E-state index contributed by atoms with van der Waals surface area (Å²) in [5, 5.41) is 11.8. The number of thioether (sulfide) groups is 1. The minimum atomic E-state index is 0.0284. The molecule has 112 valence electrons. The first-order valence-electron chi connectivity index (χ1n) is 6.69. The lowest BCUT2D eigenvalue weighted by Gasteiger charge is -2.24. The van der Waals surface area contributed by atoms with Gasteiger partial charge >= 0.3 is 0 Å². The molecule has 0 radical (unpaired) electrons. The SMILES string of the molecule is CC(C)(CCCO)CNC(=O)CSc1ccc(Br)cc1. The van der Waals surface area contributed by atoms with Gasteiger partial charge in [-0.2, -0.15) is 0 Å². The summed E-state index contributed by atoms with van der Waals surface area (Å²) in [4.78, 5) is 12.9. The number of carbonyl (C=O) groups excluding carboxylic acids is 1. The van der Waals surface area contributed by atoms with Crippen LogP contribution >= 0.6 is 27.7 Å². The zero-order valence-corrected chi connectivity index (χ0v) is 14.4. The van der Waals surface area contributed by atoms with Gasteiger partial charge in [0.05, 0.1) is 5.75 Å². The van der Waals surface area contributed by atoms with Crippen LogP contribution in [0.25, 0.3) is 0 Å². The summed E-state index contributed by atoms with van der Waals surface area (Å²) in [6.07, 6.45) is 1.68. The molecule has 5 heteroatoms. The van der Waals surface area contributed by atoms with Crippen LogP contribution in [-0.2, 0) is 4.79 Å².